The smallest absolute Gasteiger partial charge is 0.295 e. The lowest BCUT2D eigenvalue weighted by Crippen LogP contribution is -2.29. The number of likely N-dealkylation sites (tertiary alicyclic amines) is 1. The zero-order valence-electron chi connectivity index (χ0n) is 16.4. The number of carbonyl (C=O) groups excluding carboxylic acids is 2. The normalized spacial score (nSPS) is 17.9. The maximum absolute atomic E-state index is 13.0. The van der Waals surface area contributed by atoms with Gasteiger partial charge in [-0.3, -0.25) is 14.6 Å². The van der Waals surface area contributed by atoms with E-state index in [0.717, 1.165) is 11.1 Å². The van der Waals surface area contributed by atoms with Gasteiger partial charge in [0.2, 0.25) is 0 Å². The summed E-state index contributed by atoms with van der Waals surface area (Å²) in [6, 6.07) is 18.9. The summed E-state index contributed by atoms with van der Waals surface area (Å²) in [5, 5.41) is 11.1. The van der Waals surface area contributed by atoms with Gasteiger partial charge in [-0.25, -0.2) is 0 Å². The molecule has 0 unspecified atom stereocenters. The average Bonchev–Trinajstić information content (AvgIpc) is 3.05. The Hall–Kier alpha value is -3.93. The largest absolute Gasteiger partial charge is 0.507 e. The molecule has 1 aromatic heterocycles. The van der Waals surface area contributed by atoms with E-state index in [-0.39, 0.29) is 17.9 Å². The quantitative estimate of drug-likeness (QED) is 0.401. The predicted octanol–water partition coefficient (Wildman–Crippen LogP) is 3.71. The van der Waals surface area contributed by atoms with Gasteiger partial charge in [0.25, 0.3) is 11.7 Å². The third-order valence-electron chi connectivity index (χ3n) is 5.07. The summed E-state index contributed by atoms with van der Waals surface area (Å²) in [5.41, 5.74) is 2.00. The fraction of sp³-hybridized carbons (Fsp3) is 0.125. The number of hydrogen-bond donors (Lipinski definition) is 1. The fourth-order valence-corrected chi connectivity index (χ4v) is 3.64. The number of aliphatic hydroxyl groups is 1. The Balaban J connectivity index is 1.85. The first-order valence-corrected chi connectivity index (χ1v) is 9.47. The van der Waals surface area contributed by atoms with E-state index in [4.69, 9.17) is 4.74 Å². The summed E-state index contributed by atoms with van der Waals surface area (Å²) in [4.78, 5) is 31.5. The summed E-state index contributed by atoms with van der Waals surface area (Å²) in [6.07, 6.45) is 3.30. The highest BCUT2D eigenvalue weighted by Crippen LogP contribution is 2.40. The minimum atomic E-state index is -0.715. The van der Waals surface area contributed by atoms with Crippen LogP contribution in [0.2, 0.25) is 0 Å². The van der Waals surface area contributed by atoms with Crippen molar-refractivity contribution in [2.45, 2.75) is 12.6 Å². The molecule has 1 fully saturated rings. The SMILES string of the molecule is COc1cccc(/C(O)=C2\C(=O)C(=O)N(Cc3cccnc3)[C@@H]2c2ccccc2)c1. The number of aliphatic hydroxyl groups excluding tert-OH is 1. The lowest BCUT2D eigenvalue weighted by molar-refractivity contribution is -0.140. The number of nitrogens with zero attached hydrogens (tertiary/aromatic N) is 2. The van der Waals surface area contributed by atoms with E-state index in [0.29, 0.717) is 11.3 Å². The molecule has 150 valence electrons. The van der Waals surface area contributed by atoms with Crippen LogP contribution < -0.4 is 4.74 Å². The van der Waals surface area contributed by atoms with Crippen molar-refractivity contribution < 1.29 is 19.4 Å². The Morgan fingerprint density at radius 1 is 1.07 bits per heavy atom. The maximum atomic E-state index is 13.0. The minimum Gasteiger partial charge on any atom is -0.507 e. The van der Waals surface area contributed by atoms with E-state index in [9.17, 15) is 14.7 Å². The van der Waals surface area contributed by atoms with Gasteiger partial charge < -0.3 is 14.7 Å². The lowest BCUT2D eigenvalue weighted by atomic mass is 9.95. The van der Waals surface area contributed by atoms with E-state index in [1.807, 2.05) is 36.4 Å². The maximum Gasteiger partial charge on any atom is 0.295 e. The molecule has 0 spiro atoms. The standard InChI is InChI=1S/C24H20N2O4/c1-30-19-11-5-10-18(13-19)22(27)20-21(17-8-3-2-4-9-17)26(24(29)23(20)28)15-16-7-6-12-25-14-16/h2-14,21,27H,15H2,1H3/b22-20+/t21-/m1/s1. The molecule has 2 aromatic carbocycles. The summed E-state index contributed by atoms with van der Waals surface area (Å²) in [6.45, 7) is 0.201. The fourth-order valence-electron chi connectivity index (χ4n) is 3.64. The van der Waals surface area contributed by atoms with E-state index >= 15 is 0 Å². The second-order valence-corrected chi connectivity index (χ2v) is 6.93. The van der Waals surface area contributed by atoms with Crippen molar-refractivity contribution in [1.29, 1.82) is 0 Å². The van der Waals surface area contributed by atoms with Gasteiger partial charge in [-0.1, -0.05) is 48.5 Å². The second-order valence-electron chi connectivity index (χ2n) is 6.93. The summed E-state index contributed by atoms with van der Waals surface area (Å²) >= 11 is 0. The highest BCUT2D eigenvalue weighted by molar-refractivity contribution is 6.46. The zero-order chi connectivity index (χ0) is 21.1. The van der Waals surface area contributed by atoms with Gasteiger partial charge in [-0.15, -0.1) is 0 Å². The van der Waals surface area contributed by atoms with Crippen LogP contribution in [0.5, 0.6) is 5.75 Å². The van der Waals surface area contributed by atoms with Crippen molar-refractivity contribution in [3.8, 4) is 5.75 Å². The molecule has 30 heavy (non-hydrogen) atoms. The van der Waals surface area contributed by atoms with Gasteiger partial charge in [-0.05, 0) is 29.3 Å². The lowest BCUT2D eigenvalue weighted by Gasteiger charge is -2.25. The van der Waals surface area contributed by atoms with Crippen LogP contribution in [0.15, 0.2) is 84.7 Å². The number of ketones is 1. The molecule has 6 heteroatoms. The molecule has 0 radical (unpaired) electrons. The third kappa shape index (κ3) is 3.55. The van der Waals surface area contributed by atoms with Crippen LogP contribution in [0.3, 0.4) is 0 Å². The van der Waals surface area contributed by atoms with Crippen molar-refractivity contribution >= 4 is 17.4 Å². The van der Waals surface area contributed by atoms with Crippen LogP contribution in [0, 0.1) is 0 Å². The number of hydrogen-bond acceptors (Lipinski definition) is 5. The predicted molar refractivity (Wildman–Crippen MR) is 112 cm³/mol. The molecule has 0 bridgehead atoms. The molecule has 1 N–H and O–H groups in total. The Kier molecular flexibility index (Phi) is 5.30. The van der Waals surface area contributed by atoms with Crippen LogP contribution in [-0.4, -0.2) is 33.8 Å². The minimum absolute atomic E-state index is 0.0587. The molecular weight excluding hydrogens is 380 g/mol. The first-order valence-electron chi connectivity index (χ1n) is 9.47. The van der Waals surface area contributed by atoms with Crippen molar-refractivity contribution in [3.05, 3.63) is 101 Å². The van der Waals surface area contributed by atoms with Gasteiger partial charge in [-0.2, -0.15) is 0 Å². The third-order valence-corrected chi connectivity index (χ3v) is 5.07. The molecule has 2 heterocycles. The van der Waals surface area contributed by atoms with Gasteiger partial charge in [0.05, 0.1) is 18.7 Å². The number of Topliss-reactive ketones (excluding diaryl/α,β-unsaturated/α-hetero) is 1. The number of carbonyl (C=O) groups is 2. The number of ether oxygens (including phenoxy) is 1. The van der Waals surface area contributed by atoms with E-state index in [2.05, 4.69) is 4.98 Å². The van der Waals surface area contributed by atoms with Crippen LogP contribution in [0.25, 0.3) is 5.76 Å². The first-order chi connectivity index (χ1) is 14.6. The van der Waals surface area contributed by atoms with Crippen molar-refractivity contribution in [1.82, 2.24) is 9.88 Å². The van der Waals surface area contributed by atoms with Crippen LogP contribution >= 0.6 is 0 Å². The molecule has 1 amide bonds. The Bertz CT molecular complexity index is 1110. The second kappa shape index (κ2) is 8.21. The number of amides is 1. The molecule has 1 aliphatic rings. The first kappa shape index (κ1) is 19.4. The molecular formula is C24H20N2O4. The highest BCUT2D eigenvalue weighted by Gasteiger charge is 2.46. The van der Waals surface area contributed by atoms with Gasteiger partial charge in [0, 0.05) is 24.5 Å². The van der Waals surface area contributed by atoms with E-state index in [1.54, 1.807) is 42.7 Å². The van der Waals surface area contributed by atoms with Crippen LogP contribution in [-0.2, 0) is 16.1 Å². The number of benzene rings is 2. The Morgan fingerprint density at radius 3 is 2.57 bits per heavy atom. The molecule has 1 aliphatic heterocycles. The van der Waals surface area contributed by atoms with Crippen LogP contribution in [0.1, 0.15) is 22.7 Å². The van der Waals surface area contributed by atoms with E-state index < -0.39 is 17.7 Å². The Morgan fingerprint density at radius 2 is 1.87 bits per heavy atom. The molecule has 6 nitrogen and oxygen atoms in total. The van der Waals surface area contributed by atoms with Gasteiger partial charge in [0.1, 0.15) is 11.5 Å². The molecule has 3 aromatic rings. The topological polar surface area (TPSA) is 79.7 Å². The van der Waals surface area contributed by atoms with Crippen LogP contribution in [0.4, 0.5) is 0 Å². The average molecular weight is 400 g/mol. The number of pyridine rings is 1. The van der Waals surface area contributed by atoms with Crippen molar-refractivity contribution in [3.63, 3.8) is 0 Å². The van der Waals surface area contributed by atoms with Gasteiger partial charge >= 0.3 is 0 Å². The molecule has 0 saturated carbocycles. The molecule has 1 saturated heterocycles. The molecule has 1 atom stereocenters. The molecule has 0 aliphatic carbocycles. The van der Waals surface area contributed by atoms with Gasteiger partial charge in [0.15, 0.2) is 0 Å². The zero-order valence-corrected chi connectivity index (χ0v) is 16.4. The number of methoxy groups -OCH3 is 1. The Labute approximate surface area is 174 Å². The highest BCUT2D eigenvalue weighted by atomic mass is 16.5. The van der Waals surface area contributed by atoms with Crippen molar-refractivity contribution in [2.75, 3.05) is 7.11 Å². The number of rotatable bonds is 5. The summed E-state index contributed by atoms with van der Waals surface area (Å²) < 4.78 is 5.22. The summed E-state index contributed by atoms with van der Waals surface area (Å²) in [7, 11) is 1.52. The molecule has 4 rings (SSSR count). The monoisotopic (exact) mass is 400 g/mol. The van der Waals surface area contributed by atoms with E-state index in [1.165, 1.54) is 12.0 Å². The summed E-state index contributed by atoms with van der Waals surface area (Å²) in [5.74, 6) is -1.06. The number of aromatic nitrogens is 1. The van der Waals surface area contributed by atoms with Crippen molar-refractivity contribution in [2.24, 2.45) is 0 Å².